The number of aromatic nitrogens is 2. The molecule has 0 spiro atoms. The molecule has 10 heteroatoms. The third-order valence-corrected chi connectivity index (χ3v) is 4.96. The highest BCUT2D eigenvalue weighted by Gasteiger charge is 2.29. The van der Waals surface area contributed by atoms with E-state index in [1.165, 1.54) is 12.3 Å². The van der Waals surface area contributed by atoms with E-state index < -0.39 is 12.8 Å². The summed E-state index contributed by atoms with van der Waals surface area (Å²) < 4.78 is 53.9. The first-order chi connectivity index (χ1) is 15.8. The highest BCUT2D eigenvalue weighted by atomic mass is 19.4. The predicted octanol–water partition coefficient (Wildman–Crippen LogP) is 4.70. The van der Waals surface area contributed by atoms with Crippen molar-refractivity contribution in [2.45, 2.75) is 32.5 Å². The number of carbonyl (C=O) groups is 1. The van der Waals surface area contributed by atoms with Gasteiger partial charge in [-0.15, -0.1) is 0 Å². The smallest absolute Gasteiger partial charge is 0.422 e. The number of halogens is 3. The van der Waals surface area contributed by atoms with Gasteiger partial charge in [0.05, 0.1) is 18.8 Å². The Balaban J connectivity index is 1.45. The lowest BCUT2D eigenvalue weighted by Gasteiger charge is -2.14. The van der Waals surface area contributed by atoms with Crippen LogP contribution in [0.5, 0.6) is 11.5 Å². The van der Waals surface area contributed by atoms with Crippen molar-refractivity contribution in [3.05, 3.63) is 59.7 Å². The predicted molar refractivity (Wildman–Crippen MR) is 112 cm³/mol. The van der Waals surface area contributed by atoms with Crippen LogP contribution in [0.1, 0.15) is 34.6 Å². The van der Waals surface area contributed by atoms with E-state index in [9.17, 15) is 18.0 Å². The molecule has 174 valence electrons. The Morgan fingerprint density at radius 3 is 2.76 bits per heavy atom. The molecule has 2 aromatic heterocycles. The van der Waals surface area contributed by atoms with Crippen molar-refractivity contribution in [2.75, 3.05) is 13.2 Å². The maximum Gasteiger partial charge on any atom is 0.422 e. The standard InChI is InChI=1S/C23H22F3N3O4/c1-14-3-2-8-27-20(14)21(30)28-10-17-12-32-22(29-17)16-6-7-18(33-13-23(24,25)26)19(9-16)31-11-15-4-5-15/h2-3,6-9,12,15H,4-5,10-11,13H2,1H3,(H,28,30). The molecule has 0 radical (unpaired) electrons. The number of carbonyl (C=O) groups excluding carboxylic acids is 1. The number of alkyl halides is 3. The van der Waals surface area contributed by atoms with Crippen molar-refractivity contribution >= 4 is 5.91 Å². The van der Waals surface area contributed by atoms with Crippen molar-refractivity contribution in [1.82, 2.24) is 15.3 Å². The summed E-state index contributed by atoms with van der Waals surface area (Å²) in [4.78, 5) is 20.7. The van der Waals surface area contributed by atoms with Gasteiger partial charge in [0, 0.05) is 11.8 Å². The van der Waals surface area contributed by atoms with Gasteiger partial charge in [-0.3, -0.25) is 9.78 Å². The summed E-state index contributed by atoms with van der Waals surface area (Å²) in [5.74, 6) is 0.513. The highest BCUT2D eigenvalue weighted by molar-refractivity contribution is 5.93. The third kappa shape index (κ3) is 6.24. The second-order valence-corrected chi connectivity index (χ2v) is 7.82. The Hall–Kier alpha value is -3.56. The second kappa shape index (κ2) is 9.51. The van der Waals surface area contributed by atoms with Crippen LogP contribution in [0.3, 0.4) is 0 Å². The van der Waals surface area contributed by atoms with Gasteiger partial charge in [-0.1, -0.05) is 6.07 Å². The minimum Gasteiger partial charge on any atom is -0.489 e. The quantitative estimate of drug-likeness (QED) is 0.497. The minimum atomic E-state index is -4.46. The zero-order chi connectivity index (χ0) is 23.4. The Morgan fingerprint density at radius 2 is 2.03 bits per heavy atom. The SMILES string of the molecule is Cc1cccnc1C(=O)NCc1coc(-c2ccc(OCC(F)(F)F)c(OCC3CC3)c2)n1. The van der Waals surface area contributed by atoms with E-state index in [1.54, 1.807) is 37.4 Å². The largest absolute Gasteiger partial charge is 0.489 e. The molecule has 1 amide bonds. The Kier molecular flexibility index (Phi) is 6.52. The number of pyridine rings is 1. The Morgan fingerprint density at radius 1 is 1.21 bits per heavy atom. The molecule has 1 aliphatic carbocycles. The molecular weight excluding hydrogens is 439 g/mol. The second-order valence-electron chi connectivity index (χ2n) is 7.82. The number of aryl methyl sites for hydroxylation is 1. The lowest BCUT2D eigenvalue weighted by atomic mass is 10.2. The maximum atomic E-state index is 12.6. The van der Waals surface area contributed by atoms with Crippen LogP contribution in [-0.2, 0) is 6.54 Å². The van der Waals surface area contributed by atoms with Gasteiger partial charge in [0.1, 0.15) is 12.0 Å². The van der Waals surface area contributed by atoms with Crippen LogP contribution < -0.4 is 14.8 Å². The van der Waals surface area contributed by atoms with Gasteiger partial charge in [-0.25, -0.2) is 4.98 Å². The molecule has 2 heterocycles. The van der Waals surface area contributed by atoms with Crippen LogP contribution in [-0.4, -0.2) is 35.3 Å². The first-order valence-corrected chi connectivity index (χ1v) is 10.4. The molecule has 1 saturated carbocycles. The maximum absolute atomic E-state index is 12.6. The van der Waals surface area contributed by atoms with Crippen LogP contribution in [0.25, 0.3) is 11.5 Å². The van der Waals surface area contributed by atoms with Crippen molar-refractivity contribution in [1.29, 1.82) is 0 Å². The highest BCUT2D eigenvalue weighted by Crippen LogP contribution is 2.36. The zero-order valence-electron chi connectivity index (χ0n) is 17.8. The molecule has 0 bridgehead atoms. The number of amides is 1. The normalized spacial score (nSPS) is 13.6. The summed E-state index contributed by atoms with van der Waals surface area (Å²) in [6.45, 7) is 0.906. The molecule has 1 aliphatic rings. The van der Waals surface area contributed by atoms with Gasteiger partial charge in [0.15, 0.2) is 18.1 Å². The van der Waals surface area contributed by atoms with E-state index in [2.05, 4.69) is 15.3 Å². The number of rotatable bonds is 9. The van der Waals surface area contributed by atoms with Gasteiger partial charge in [0.2, 0.25) is 5.89 Å². The molecule has 33 heavy (non-hydrogen) atoms. The number of benzene rings is 1. The average Bonchev–Trinajstić information content (AvgIpc) is 3.49. The van der Waals surface area contributed by atoms with Crippen LogP contribution in [0.4, 0.5) is 13.2 Å². The first kappa shape index (κ1) is 22.6. The van der Waals surface area contributed by atoms with Crippen LogP contribution in [0.15, 0.2) is 47.2 Å². The summed E-state index contributed by atoms with van der Waals surface area (Å²) in [5, 5.41) is 2.74. The van der Waals surface area contributed by atoms with Gasteiger partial charge >= 0.3 is 6.18 Å². The lowest BCUT2D eigenvalue weighted by Crippen LogP contribution is -2.24. The molecule has 1 N–H and O–H groups in total. The zero-order valence-corrected chi connectivity index (χ0v) is 17.8. The van der Waals surface area contributed by atoms with E-state index >= 15 is 0 Å². The summed E-state index contributed by atoms with van der Waals surface area (Å²) in [6, 6.07) is 8.03. The molecule has 1 fully saturated rings. The molecular formula is C23H22F3N3O4. The fourth-order valence-electron chi connectivity index (χ4n) is 3.02. The van der Waals surface area contributed by atoms with Crippen molar-refractivity contribution in [3.8, 4) is 23.0 Å². The number of oxazole rings is 1. The number of nitrogens with one attached hydrogen (secondary N) is 1. The fraction of sp³-hybridized carbons (Fsp3) is 0.348. The lowest BCUT2D eigenvalue weighted by molar-refractivity contribution is -0.153. The molecule has 0 unspecified atom stereocenters. The topological polar surface area (TPSA) is 86.5 Å². The minimum absolute atomic E-state index is 0.00139. The van der Waals surface area contributed by atoms with E-state index in [1.807, 2.05) is 0 Å². The summed E-state index contributed by atoms with van der Waals surface area (Å²) in [6.07, 6.45) is 0.555. The van der Waals surface area contributed by atoms with Gasteiger partial charge < -0.3 is 19.2 Å². The van der Waals surface area contributed by atoms with E-state index in [0.29, 0.717) is 29.5 Å². The van der Waals surface area contributed by atoms with Gasteiger partial charge in [-0.05, 0) is 55.5 Å². The Bertz CT molecular complexity index is 1130. The molecule has 3 aromatic rings. The summed E-state index contributed by atoms with van der Waals surface area (Å²) >= 11 is 0. The number of hydrogen-bond donors (Lipinski definition) is 1. The molecule has 0 saturated heterocycles. The number of hydrogen-bond acceptors (Lipinski definition) is 6. The van der Waals surface area contributed by atoms with Crippen molar-refractivity contribution in [2.24, 2.45) is 5.92 Å². The summed E-state index contributed by atoms with van der Waals surface area (Å²) in [7, 11) is 0. The van der Waals surface area contributed by atoms with Crippen molar-refractivity contribution < 1.29 is 31.9 Å². The molecule has 4 rings (SSSR count). The summed E-state index contributed by atoms with van der Waals surface area (Å²) in [5.41, 5.74) is 2.07. The van der Waals surface area contributed by atoms with Gasteiger partial charge in [0.25, 0.3) is 5.91 Å². The molecule has 7 nitrogen and oxygen atoms in total. The van der Waals surface area contributed by atoms with Crippen LogP contribution >= 0.6 is 0 Å². The molecule has 0 aliphatic heterocycles. The van der Waals surface area contributed by atoms with E-state index in [4.69, 9.17) is 13.9 Å². The fourth-order valence-corrected chi connectivity index (χ4v) is 3.02. The molecule has 1 aromatic carbocycles. The van der Waals surface area contributed by atoms with Gasteiger partial charge in [-0.2, -0.15) is 13.2 Å². The number of nitrogens with zero attached hydrogens (tertiary/aromatic N) is 2. The molecule has 0 atom stereocenters. The monoisotopic (exact) mass is 461 g/mol. The average molecular weight is 461 g/mol. The van der Waals surface area contributed by atoms with Crippen LogP contribution in [0, 0.1) is 12.8 Å². The Labute approximate surface area is 187 Å². The van der Waals surface area contributed by atoms with Crippen LogP contribution in [0.2, 0.25) is 0 Å². The van der Waals surface area contributed by atoms with E-state index in [0.717, 1.165) is 18.4 Å². The van der Waals surface area contributed by atoms with E-state index in [-0.39, 0.29) is 29.8 Å². The van der Waals surface area contributed by atoms with Crippen molar-refractivity contribution in [3.63, 3.8) is 0 Å². The first-order valence-electron chi connectivity index (χ1n) is 10.4. The third-order valence-electron chi connectivity index (χ3n) is 4.96. The number of ether oxygens (including phenoxy) is 2.